The fourth-order valence-electron chi connectivity index (χ4n) is 2.90. The van der Waals surface area contributed by atoms with Gasteiger partial charge in [0.2, 0.25) is 5.91 Å². The van der Waals surface area contributed by atoms with Crippen molar-refractivity contribution in [2.24, 2.45) is 11.8 Å². The predicted octanol–water partition coefficient (Wildman–Crippen LogP) is 3.26. The number of aliphatic carboxylic acids is 1. The molecule has 1 amide bonds. The summed E-state index contributed by atoms with van der Waals surface area (Å²) in [6.45, 7) is 0. The number of thiazole rings is 1. The van der Waals surface area contributed by atoms with E-state index >= 15 is 0 Å². The molecule has 8 heteroatoms. The molecule has 0 bridgehead atoms. The molecule has 1 saturated carbocycles. The van der Waals surface area contributed by atoms with E-state index in [0.717, 1.165) is 11.3 Å². The van der Waals surface area contributed by atoms with E-state index in [4.69, 9.17) is 5.11 Å². The van der Waals surface area contributed by atoms with Crippen LogP contribution in [0.2, 0.25) is 0 Å². The van der Waals surface area contributed by atoms with Gasteiger partial charge in [0.15, 0.2) is 5.13 Å². The molecule has 3 rings (SSSR count). The molecule has 2 aromatic rings. The van der Waals surface area contributed by atoms with E-state index in [2.05, 4.69) is 10.3 Å². The lowest BCUT2D eigenvalue weighted by atomic mass is 10.0. The normalized spacial score (nSPS) is 19.4. The van der Waals surface area contributed by atoms with Crippen LogP contribution in [-0.2, 0) is 9.59 Å². The minimum absolute atomic E-state index is 0.277. The number of carbonyl (C=O) groups excluding carboxylic acids is 1. The van der Waals surface area contributed by atoms with E-state index in [1.54, 1.807) is 0 Å². The Morgan fingerprint density at radius 3 is 2.56 bits per heavy atom. The number of carbonyl (C=O) groups is 2. The van der Waals surface area contributed by atoms with Gasteiger partial charge in [-0.3, -0.25) is 9.59 Å². The number of nitriles is 1. The number of aromatic nitrogens is 1. The van der Waals surface area contributed by atoms with Crippen molar-refractivity contribution in [3.8, 4) is 17.3 Å². The summed E-state index contributed by atoms with van der Waals surface area (Å²) in [5.41, 5.74) is 0.971. The van der Waals surface area contributed by atoms with Crippen molar-refractivity contribution < 1.29 is 19.1 Å². The first-order valence-electron chi connectivity index (χ1n) is 7.68. The molecule has 25 heavy (non-hydrogen) atoms. The third-order valence-electron chi connectivity index (χ3n) is 4.23. The van der Waals surface area contributed by atoms with Gasteiger partial charge in [-0.25, -0.2) is 9.37 Å². The molecule has 128 valence electrons. The van der Waals surface area contributed by atoms with Gasteiger partial charge in [-0.1, -0.05) is 11.3 Å². The SMILES string of the molecule is N#Cc1sc(NC(=O)C2CCC(C(=O)O)C2)nc1-c1ccc(F)cc1. The standard InChI is InChI=1S/C17H14FN3O3S/c18-12-5-3-9(4-6-12)14-13(8-19)25-17(20-14)21-15(22)10-1-2-11(7-10)16(23)24/h3-6,10-11H,1-2,7H2,(H,23,24)(H,20,21,22). The Balaban J connectivity index is 1.76. The second kappa shape index (κ2) is 6.99. The molecule has 0 saturated heterocycles. The molecule has 1 aliphatic carbocycles. The van der Waals surface area contributed by atoms with Gasteiger partial charge in [0, 0.05) is 11.5 Å². The summed E-state index contributed by atoms with van der Waals surface area (Å²) in [7, 11) is 0. The Bertz CT molecular complexity index is 857. The molecule has 1 aromatic carbocycles. The quantitative estimate of drug-likeness (QED) is 0.872. The molecule has 2 unspecified atom stereocenters. The lowest BCUT2D eigenvalue weighted by Crippen LogP contribution is -2.21. The van der Waals surface area contributed by atoms with Crippen LogP contribution in [0.3, 0.4) is 0 Å². The number of hydrogen-bond donors (Lipinski definition) is 2. The lowest BCUT2D eigenvalue weighted by Gasteiger charge is -2.08. The van der Waals surface area contributed by atoms with E-state index in [-0.39, 0.29) is 22.8 Å². The Labute approximate surface area is 146 Å². The van der Waals surface area contributed by atoms with Gasteiger partial charge < -0.3 is 10.4 Å². The Hall–Kier alpha value is -2.79. The minimum atomic E-state index is -0.880. The Morgan fingerprint density at radius 1 is 1.28 bits per heavy atom. The van der Waals surface area contributed by atoms with Crippen LogP contribution in [0.4, 0.5) is 9.52 Å². The van der Waals surface area contributed by atoms with Gasteiger partial charge in [0.1, 0.15) is 22.5 Å². The minimum Gasteiger partial charge on any atom is -0.481 e. The van der Waals surface area contributed by atoms with Gasteiger partial charge >= 0.3 is 5.97 Å². The highest BCUT2D eigenvalue weighted by Crippen LogP contribution is 2.34. The molecule has 0 aliphatic heterocycles. The van der Waals surface area contributed by atoms with Crippen molar-refractivity contribution in [1.29, 1.82) is 5.26 Å². The van der Waals surface area contributed by atoms with Crippen molar-refractivity contribution >= 4 is 28.3 Å². The summed E-state index contributed by atoms with van der Waals surface area (Å²) in [5, 5.41) is 21.2. The smallest absolute Gasteiger partial charge is 0.306 e. The first-order chi connectivity index (χ1) is 12.0. The average molecular weight is 359 g/mol. The molecule has 1 aromatic heterocycles. The zero-order valence-corrected chi connectivity index (χ0v) is 13.8. The predicted molar refractivity (Wildman–Crippen MR) is 89.3 cm³/mol. The average Bonchev–Trinajstić information content (AvgIpc) is 3.22. The van der Waals surface area contributed by atoms with E-state index in [1.807, 2.05) is 6.07 Å². The van der Waals surface area contributed by atoms with Crippen molar-refractivity contribution in [2.45, 2.75) is 19.3 Å². The third kappa shape index (κ3) is 3.67. The van der Waals surface area contributed by atoms with Crippen LogP contribution >= 0.6 is 11.3 Å². The van der Waals surface area contributed by atoms with Crippen molar-refractivity contribution in [3.05, 3.63) is 35.0 Å². The maximum atomic E-state index is 13.0. The number of halogens is 1. The maximum absolute atomic E-state index is 13.0. The van der Waals surface area contributed by atoms with Crippen LogP contribution in [0, 0.1) is 29.0 Å². The van der Waals surface area contributed by atoms with Gasteiger partial charge in [0.05, 0.1) is 5.92 Å². The van der Waals surface area contributed by atoms with Crippen LogP contribution in [0.1, 0.15) is 24.1 Å². The lowest BCUT2D eigenvalue weighted by molar-refractivity contribution is -0.141. The second-order valence-corrected chi connectivity index (χ2v) is 6.85. The highest BCUT2D eigenvalue weighted by molar-refractivity contribution is 7.16. The number of amides is 1. The highest BCUT2D eigenvalue weighted by atomic mass is 32.1. The molecule has 2 N–H and O–H groups in total. The van der Waals surface area contributed by atoms with Gasteiger partial charge in [-0.05, 0) is 43.5 Å². The van der Waals surface area contributed by atoms with Crippen molar-refractivity contribution in [1.82, 2.24) is 4.98 Å². The number of anilines is 1. The van der Waals surface area contributed by atoms with Crippen LogP contribution < -0.4 is 5.32 Å². The van der Waals surface area contributed by atoms with Gasteiger partial charge in [0.25, 0.3) is 0 Å². The topological polar surface area (TPSA) is 103 Å². The van der Waals surface area contributed by atoms with E-state index in [9.17, 15) is 19.2 Å². The largest absolute Gasteiger partial charge is 0.481 e. The molecular formula is C17H14FN3O3S. The Kier molecular flexibility index (Phi) is 4.76. The van der Waals surface area contributed by atoms with Crippen LogP contribution in [-0.4, -0.2) is 22.0 Å². The number of nitrogens with one attached hydrogen (secondary N) is 1. The molecular weight excluding hydrogens is 345 g/mol. The van der Waals surface area contributed by atoms with Crippen molar-refractivity contribution in [3.63, 3.8) is 0 Å². The van der Waals surface area contributed by atoms with E-state index in [0.29, 0.717) is 35.4 Å². The number of hydrogen-bond acceptors (Lipinski definition) is 5. The van der Waals surface area contributed by atoms with Crippen LogP contribution in [0.25, 0.3) is 11.3 Å². The van der Waals surface area contributed by atoms with Gasteiger partial charge in [-0.15, -0.1) is 0 Å². The molecule has 0 spiro atoms. The first kappa shape index (κ1) is 17.0. The van der Waals surface area contributed by atoms with Gasteiger partial charge in [-0.2, -0.15) is 5.26 Å². The summed E-state index contributed by atoms with van der Waals surface area (Å²) in [6, 6.07) is 7.62. The monoisotopic (exact) mass is 359 g/mol. The molecule has 0 radical (unpaired) electrons. The maximum Gasteiger partial charge on any atom is 0.306 e. The molecule has 2 atom stereocenters. The number of benzene rings is 1. The molecule has 1 heterocycles. The van der Waals surface area contributed by atoms with E-state index < -0.39 is 11.9 Å². The Morgan fingerprint density at radius 2 is 1.96 bits per heavy atom. The molecule has 1 aliphatic rings. The van der Waals surface area contributed by atoms with Crippen molar-refractivity contribution in [2.75, 3.05) is 5.32 Å². The third-order valence-corrected chi connectivity index (χ3v) is 5.10. The summed E-state index contributed by atoms with van der Waals surface area (Å²) in [6.07, 6.45) is 1.31. The first-order valence-corrected chi connectivity index (χ1v) is 8.50. The summed E-state index contributed by atoms with van der Waals surface area (Å²) in [4.78, 5) is 27.9. The summed E-state index contributed by atoms with van der Waals surface area (Å²) >= 11 is 1.04. The zero-order chi connectivity index (χ0) is 18.0. The number of carboxylic acids is 1. The van der Waals surface area contributed by atoms with Crippen LogP contribution in [0.15, 0.2) is 24.3 Å². The number of nitrogens with zero attached hydrogens (tertiary/aromatic N) is 2. The van der Waals surface area contributed by atoms with E-state index in [1.165, 1.54) is 24.3 Å². The zero-order valence-electron chi connectivity index (χ0n) is 13.0. The fourth-order valence-corrected chi connectivity index (χ4v) is 3.69. The molecule has 1 fully saturated rings. The highest BCUT2D eigenvalue weighted by Gasteiger charge is 2.34. The number of rotatable bonds is 4. The van der Waals surface area contributed by atoms with Crippen LogP contribution in [0.5, 0.6) is 0 Å². The number of carboxylic acid groups (broad SMARTS) is 1. The summed E-state index contributed by atoms with van der Waals surface area (Å²) in [5.74, 6) is -2.41. The summed E-state index contributed by atoms with van der Waals surface area (Å²) < 4.78 is 13.0. The second-order valence-electron chi connectivity index (χ2n) is 5.85. The molecule has 6 nitrogen and oxygen atoms in total. The fraction of sp³-hybridized carbons (Fsp3) is 0.294.